The van der Waals surface area contributed by atoms with Crippen LogP contribution in [0.15, 0.2) is 12.2 Å². The summed E-state index contributed by atoms with van der Waals surface area (Å²) < 4.78 is 22.8. The van der Waals surface area contributed by atoms with Crippen LogP contribution < -0.4 is 5.32 Å². The van der Waals surface area contributed by atoms with E-state index >= 15 is 0 Å². The van der Waals surface area contributed by atoms with E-state index in [0.29, 0.717) is 12.8 Å². The van der Waals surface area contributed by atoms with Crippen molar-refractivity contribution in [3.05, 3.63) is 12.2 Å². The molecule has 0 aromatic carbocycles. The smallest absolute Gasteiger partial charge is 0.220 e. The predicted octanol–water partition coefficient (Wildman–Crippen LogP) is 14.6. The highest BCUT2D eigenvalue weighted by molar-refractivity contribution is 5.76. The number of allylic oxidation sites excluding steroid dienone is 2. The maximum absolute atomic E-state index is 13.3. The summed E-state index contributed by atoms with van der Waals surface area (Å²) in [6.07, 6.45) is 51.6. The Labute approximate surface area is 514 Å². The average Bonchev–Trinajstić information content (AvgIpc) is 2.28. The van der Waals surface area contributed by atoms with Crippen LogP contribution in [-0.4, -0.2) is 140 Å². The zero-order chi connectivity index (χ0) is 60.9. The summed E-state index contributed by atoms with van der Waals surface area (Å²) >= 11 is 0. The van der Waals surface area contributed by atoms with Gasteiger partial charge >= 0.3 is 0 Å². The summed E-state index contributed by atoms with van der Waals surface area (Å²) in [5.74, 6) is -0.202. The number of carbonyl (C=O) groups excluding carboxylic acids is 1. The number of hydrogen-bond donors (Lipinski definition) is 9. The van der Waals surface area contributed by atoms with Crippen LogP contribution in [0.2, 0.25) is 0 Å². The zero-order valence-corrected chi connectivity index (χ0v) is 54.2. The first kappa shape index (κ1) is 78.8. The van der Waals surface area contributed by atoms with Crippen LogP contribution >= 0.6 is 0 Å². The molecule has 12 atom stereocenters. The average molecular weight is 1200 g/mol. The summed E-state index contributed by atoms with van der Waals surface area (Å²) in [6, 6.07) is -0.822. The molecule has 0 spiro atoms. The molecule has 2 saturated heterocycles. The van der Waals surface area contributed by atoms with Crippen molar-refractivity contribution in [2.45, 2.75) is 408 Å². The van der Waals surface area contributed by atoms with Gasteiger partial charge in [0.05, 0.1) is 32.0 Å². The van der Waals surface area contributed by atoms with Gasteiger partial charge in [0, 0.05) is 6.42 Å². The number of unbranched alkanes of at least 4 members (excludes halogenated alkanes) is 45. The molecule has 14 nitrogen and oxygen atoms in total. The number of nitrogens with one attached hydrogen (secondary N) is 1. The minimum Gasteiger partial charge on any atom is -0.394 e. The van der Waals surface area contributed by atoms with Crippen LogP contribution in [0.25, 0.3) is 0 Å². The molecule has 9 N–H and O–H groups in total. The molecule has 2 fully saturated rings. The molecule has 0 saturated carbocycles. The first-order valence-electron chi connectivity index (χ1n) is 35.9. The van der Waals surface area contributed by atoms with Crippen LogP contribution in [0.3, 0.4) is 0 Å². The molecule has 2 heterocycles. The van der Waals surface area contributed by atoms with Gasteiger partial charge in [-0.05, 0) is 38.5 Å². The molecule has 84 heavy (non-hydrogen) atoms. The molecule has 0 bridgehead atoms. The minimum atomic E-state index is -1.78. The van der Waals surface area contributed by atoms with Crippen molar-refractivity contribution < 1.29 is 64.6 Å². The fourth-order valence-corrected chi connectivity index (χ4v) is 12.2. The molecule has 2 aliphatic heterocycles. The van der Waals surface area contributed by atoms with Crippen molar-refractivity contribution in [1.82, 2.24) is 5.32 Å². The highest BCUT2D eigenvalue weighted by Crippen LogP contribution is 2.30. The standard InChI is InChI=1S/C70H135NO13/c1-3-5-7-9-11-13-14-15-16-17-18-19-20-21-22-23-24-25-26-27-28-29-30-31-32-33-34-35-36-37-38-39-40-41-42-43-44-46-48-50-52-54-62(75)71-58(59(74)53-51-49-47-45-12-10-8-6-4-2)57-81-69-67(80)65(78)68(61(56-73)83-69)84-70-66(79)64(77)63(76)60(55-72)82-70/h17-18,58-61,63-70,72-74,76-80H,3-16,19-57H2,1-2H3,(H,71,75)/b18-17-. The SMILES string of the molecule is CCCCCCCCCC/C=C\CCCCCCCCCCCCCCCCCCCCCCCCCCCCCCCC(=O)NC(COC1OC(CO)C(OC2OC(CO)C(O)C(O)C2O)C(O)C1O)C(O)CCCCCCCCCCC. The van der Waals surface area contributed by atoms with Crippen molar-refractivity contribution >= 4 is 5.91 Å². The van der Waals surface area contributed by atoms with E-state index in [9.17, 15) is 45.6 Å². The second-order valence-electron chi connectivity index (χ2n) is 25.7. The van der Waals surface area contributed by atoms with E-state index in [0.717, 1.165) is 51.4 Å². The Bertz CT molecular complexity index is 1460. The van der Waals surface area contributed by atoms with Crippen molar-refractivity contribution in [2.24, 2.45) is 0 Å². The van der Waals surface area contributed by atoms with E-state index in [4.69, 9.17) is 18.9 Å². The topological polar surface area (TPSA) is 228 Å². The molecular formula is C70H135NO13. The highest BCUT2D eigenvalue weighted by atomic mass is 16.7. The molecule has 14 heteroatoms. The third-order valence-corrected chi connectivity index (χ3v) is 18.0. The van der Waals surface area contributed by atoms with Gasteiger partial charge in [-0.1, -0.05) is 302 Å². The number of carbonyl (C=O) groups is 1. The van der Waals surface area contributed by atoms with E-state index in [-0.39, 0.29) is 12.5 Å². The van der Waals surface area contributed by atoms with Gasteiger partial charge in [-0.2, -0.15) is 0 Å². The van der Waals surface area contributed by atoms with Gasteiger partial charge in [0.15, 0.2) is 12.6 Å². The molecule has 0 aromatic rings. The van der Waals surface area contributed by atoms with Gasteiger partial charge in [-0.3, -0.25) is 4.79 Å². The van der Waals surface area contributed by atoms with Crippen LogP contribution in [0.4, 0.5) is 0 Å². The van der Waals surface area contributed by atoms with E-state index in [1.807, 2.05) is 0 Å². The molecule has 498 valence electrons. The highest BCUT2D eigenvalue weighted by Gasteiger charge is 2.51. The Morgan fingerprint density at radius 3 is 1.13 bits per heavy atom. The van der Waals surface area contributed by atoms with E-state index in [1.54, 1.807) is 0 Å². The van der Waals surface area contributed by atoms with Crippen molar-refractivity contribution in [2.75, 3.05) is 19.8 Å². The monoisotopic (exact) mass is 1200 g/mol. The maximum atomic E-state index is 13.3. The van der Waals surface area contributed by atoms with Gasteiger partial charge in [0.1, 0.15) is 48.8 Å². The summed E-state index contributed by atoms with van der Waals surface area (Å²) in [6.45, 7) is 2.86. The summed E-state index contributed by atoms with van der Waals surface area (Å²) in [4.78, 5) is 13.3. The van der Waals surface area contributed by atoms with Crippen molar-refractivity contribution in [3.8, 4) is 0 Å². The van der Waals surface area contributed by atoms with Crippen LogP contribution in [0.1, 0.15) is 335 Å². The Morgan fingerprint density at radius 2 is 0.750 bits per heavy atom. The second kappa shape index (κ2) is 55.8. The quantitative estimate of drug-likeness (QED) is 0.0204. The van der Waals surface area contributed by atoms with Crippen LogP contribution in [0.5, 0.6) is 0 Å². The fraction of sp³-hybridized carbons (Fsp3) is 0.957. The molecule has 0 aliphatic carbocycles. The minimum absolute atomic E-state index is 0.202. The van der Waals surface area contributed by atoms with Crippen molar-refractivity contribution in [3.63, 3.8) is 0 Å². The largest absolute Gasteiger partial charge is 0.394 e. The normalized spacial score (nSPS) is 23.6. The molecule has 0 radical (unpaired) electrons. The van der Waals surface area contributed by atoms with Crippen LogP contribution in [-0.2, 0) is 23.7 Å². The maximum Gasteiger partial charge on any atom is 0.220 e. The third kappa shape index (κ3) is 39.7. The van der Waals surface area contributed by atoms with Gasteiger partial charge in [0.25, 0.3) is 0 Å². The van der Waals surface area contributed by atoms with Gasteiger partial charge < -0.3 is 65.1 Å². The van der Waals surface area contributed by atoms with Gasteiger partial charge in [0.2, 0.25) is 5.91 Å². The predicted molar refractivity (Wildman–Crippen MR) is 342 cm³/mol. The Hall–Kier alpha value is -1.27. The molecular weight excluding hydrogens is 1060 g/mol. The Kier molecular flexibility index (Phi) is 52.3. The Balaban J connectivity index is 1.47. The lowest BCUT2D eigenvalue weighted by Gasteiger charge is -2.46. The summed E-state index contributed by atoms with van der Waals surface area (Å²) in [7, 11) is 0. The van der Waals surface area contributed by atoms with Gasteiger partial charge in [-0.15, -0.1) is 0 Å². The zero-order valence-electron chi connectivity index (χ0n) is 54.2. The van der Waals surface area contributed by atoms with E-state index in [2.05, 4.69) is 31.3 Å². The molecule has 2 aliphatic rings. The number of amides is 1. The number of aliphatic hydroxyl groups excluding tert-OH is 8. The van der Waals surface area contributed by atoms with Crippen LogP contribution in [0, 0.1) is 0 Å². The lowest BCUT2D eigenvalue weighted by Crippen LogP contribution is -2.65. The summed E-state index contributed by atoms with van der Waals surface area (Å²) in [5, 5.41) is 87.1. The second-order valence-corrected chi connectivity index (χ2v) is 25.7. The number of hydrogen-bond acceptors (Lipinski definition) is 13. The molecule has 1 amide bonds. The number of aliphatic hydroxyl groups is 8. The third-order valence-electron chi connectivity index (χ3n) is 18.0. The van der Waals surface area contributed by atoms with Gasteiger partial charge in [-0.25, -0.2) is 0 Å². The number of rotatable bonds is 60. The van der Waals surface area contributed by atoms with Crippen molar-refractivity contribution in [1.29, 1.82) is 0 Å². The van der Waals surface area contributed by atoms with E-state index in [1.165, 1.54) is 257 Å². The lowest BCUT2D eigenvalue weighted by atomic mass is 9.97. The molecule has 12 unspecified atom stereocenters. The lowest BCUT2D eigenvalue weighted by molar-refractivity contribution is -0.359. The molecule has 0 aromatic heterocycles. The fourth-order valence-electron chi connectivity index (χ4n) is 12.2. The number of ether oxygens (including phenoxy) is 4. The summed E-state index contributed by atoms with van der Waals surface area (Å²) in [5.41, 5.74) is 0. The first-order chi connectivity index (χ1) is 41.1. The molecule has 2 rings (SSSR count). The Morgan fingerprint density at radius 1 is 0.417 bits per heavy atom. The first-order valence-corrected chi connectivity index (χ1v) is 35.9. The van der Waals surface area contributed by atoms with E-state index < -0.39 is 86.8 Å².